The van der Waals surface area contributed by atoms with Gasteiger partial charge >= 0.3 is 0 Å². The van der Waals surface area contributed by atoms with Crippen molar-refractivity contribution in [2.75, 3.05) is 7.11 Å². The molecule has 0 rings (SSSR count). The average molecular weight is 202 g/mol. The molecule has 4 nitrogen and oxygen atoms in total. The van der Waals surface area contributed by atoms with Gasteiger partial charge in [-0.15, -0.1) is 0 Å². The molecule has 0 fully saturated rings. The summed E-state index contributed by atoms with van der Waals surface area (Å²) >= 11 is 0. The van der Waals surface area contributed by atoms with E-state index in [1.165, 1.54) is 0 Å². The van der Waals surface area contributed by atoms with E-state index >= 15 is 0 Å². The zero-order chi connectivity index (χ0) is 11.4. The molecule has 14 heavy (non-hydrogen) atoms. The number of nitrogens with two attached hydrogens (primary N) is 1. The third-order valence-electron chi connectivity index (χ3n) is 2.84. The molecule has 3 unspecified atom stereocenters. The fourth-order valence-corrected chi connectivity index (χ4v) is 1.24. The van der Waals surface area contributed by atoms with Gasteiger partial charge in [-0.25, -0.2) is 0 Å². The van der Waals surface area contributed by atoms with Crippen molar-refractivity contribution in [2.24, 2.45) is 5.73 Å². The van der Waals surface area contributed by atoms with E-state index in [0.717, 1.165) is 6.42 Å². The molecular formula is C10H22N2O2. The standard InChI is InChI=1S/C10H22N2O2/c1-6-7(2)12-10(4,9(11)13)8(3)14-5/h7-8,12H,6H2,1-5H3,(H2,11,13). The van der Waals surface area contributed by atoms with Gasteiger partial charge in [-0.2, -0.15) is 0 Å². The lowest BCUT2D eigenvalue weighted by atomic mass is 9.93. The van der Waals surface area contributed by atoms with E-state index in [1.807, 2.05) is 13.8 Å². The first-order chi connectivity index (χ1) is 6.38. The van der Waals surface area contributed by atoms with Crippen LogP contribution in [0.15, 0.2) is 0 Å². The molecule has 0 aromatic rings. The molecular weight excluding hydrogens is 180 g/mol. The second-order valence-corrected chi connectivity index (χ2v) is 3.90. The lowest BCUT2D eigenvalue weighted by molar-refractivity contribution is -0.129. The van der Waals surface area contributed by atoms with Crippen LogP contribution in [0.2, 0.25) is 0 Å². The molecule has 0 aliphatic rings. The molecule has 0 spiro atoms. The van der Waals surface area contributed by atoms with E-state index in [4.69, 9.17) is 10.5 Å². The Morgan fingerprint density at radius 1 is 1.57 bits per heavy atom. The summed E-state index contributed by atoms with van der Waals surface area (Å²) in [5.74, 6) is -0.382. The highest BCUT2D eigenvalue weighted by Gasteiger charge is 2.38. The minimum atomic E-state index is -0.801. The van der Waals surface area contributed by atoms with Gasteiger partial charge in [-0.1, -0.05) is 6.92 Å². The number of carbonyl (C=O) groups excluding carboxylic acids is 1. The SMILES string of the molecule is CCC(C)NC(C)(C(N)=O)C(C)OC. The number of primary amides is 1. The van der Waals surface area contributed by atoms with Crippen LogP contribution in [-0.2, 0) is 9.53 Å². The lowest BCUT2D eigenvalue weighted by Gasteiger charge is -2.35. The Kier molecular flexibility index (Phi) is 5.08. The normalized spacial score (nSPS) is 19.8. The molecule has 0 bridgehead atoms. The van der Waals surface area contributed by atoms with Crippen LogP contribution in [-0.4, -0.2) is 30.7 Å². The number of hydrogen-bond donors (Lipinski definition) is 2. The zero-order valence-electron chi connectivity index (χ0n) is 9.76. The molecule has 0 saturated carbocycles. The molecule has 0 radical (unpaired) electrons. The maximum atomic E-state index is 11.4. The molecule has 0 aliphatic heterocycles. The average Bonchev–Trinajstić information content (AvgIpc) is 2.15. The molecule has 0 aromatic carbocycles. The number of carbonyl (C=O) groups is 1. The Bertz CT molecular complexity index is 197. The summed E-state index contributed by atoms with van der Waals surface area (Å²) in [4.78, 5) is 11.4. The van der Waals surface area contributed by atoms with Crippen LogP contribution in [0.5, 0.6) is 0 Å². The highest BCUT2D eigenvalue weighted by molar-refractivity contribution is 5.85. The number of methoxy groups -OCH3 is 1. The van der Waals surface area contributed by atoms with Gasteiger partial charge in [0.05, 0.1) is 6.10 Å². The second kappa shape index (κ2) is 5.32. The molecule has 84 valence electrons. The minimum absolute atomic E-state index is 0.241. The Morgan fingerprint density at radius 3 is 2.36 bits per heavy atom. The van der Waals surface area contributed by atoms with Gasteiger partial charge in [0.25, 0.3) is 0 Å². The number of nitrogens with one attached hydrogen (secondary N) is 1. The van der Waals surface area contributed by atoms with E-state index in [1.54, 1.807) is 14.0 Å². The molecule has 0 aliphatic carbocycles. The molecule has 4 heteroatoms. The third-order valence-corrected chi connectivity index (χ3v) is 2.84. The Labute approximate surface area is 86.2 Å². The van der Waals surface area contributed by atoms with E-state index < -0.39 is 5.54 Å². The topological polar surface area (TPSA) is 64.3 Å². The quantitative estimate of drug-likeness (QED) is 0.665. The van der Waals surface area contributed by atoms with Crippen LogP contribution >= 0.6 is 0 Å². The van der Waals surface area contributed by atoms with Crippen molar-refractivity contribution >= 4 is 5.91 Å². The summed E-state index contributed by atoms with van der Waals surface area (Å²) in [5.41, 5.74) is 4.57. The molecule has 1 amide bonds. The summed E-state index contributed by atoms with van der Waals surface area (Å²) in [6.45, 7) is 7.68. The van der Waals surface area contributed by atoms with E-state index in [0.29, 0.717) is 0 Å². The summed E-state index contributed by atoms with van der Waals surface area (Å²) in [7, 11) is 1.57. The number of amides is 1. The van der Waals surface area contributed by atoms with Crippen molar-refractivity contribution in [3.63, 3.8) is 0 Å². The van der Waals surface area contributed by atoms with Crippen LogP contribution in [0, 0.1) is 0 Å². The summed E-state index contributed by atoms with van der Waals surface area (Å²) < 4.78 is 5.16. The van der Waals surface area contributed by atoms with Gasteiger partial charge in [0.2, 0.25) is 5.91 Å². The monoisotopic (exact) mass is 202 g/mol. The summed E-state index contributed by atoms with van der Waals surface area (Å²) in [5, 5.41) is 3.19. The summed E-state index contributed by atoms with van der Waals surface area (Å²) in [6, 6.07) is 0.241. The lowest BCUT2D eigenvalue weighted by Crippen LogP contribution is -2.62. The van der Waals surface area contributed by atoms with Gasteiger partial charge in [0, 0.05) is 13.2 Å². The predicted octanol–water partition coefficient (Wildman–Crippen LogP) is 0.653. The maximum Gasteiger partial charge on any atom is 0.240 e. The van der Waals surface area contributed by atoms with Crippen LogP contribution in [0.25, 0.3) is 0 Å². The molecule has 3 atom stereocenters. The maximum absolute atomic E-state index is 11.4. The van der Waals surface area contributed by atoms with Crippen molar-refractivity contribution in [1.29, 1.82) is 0 Å². The van der Waals surface area contributed by atoms with E-state index in [9.17, 15) is 4.79 Å². The Balaban J connectivity index is 4.63. The number of rotatable bonds is 6. The Morgan fingerprint density at radius 2 is 2.07 bits per heavy atom. The van der Waals surface area contributed by atoms with Crippen molar-refractivity contribution in [3.8, 4) is 0 Å². The van der Waals surface area contributed by atoms with Crippen molar-refractivity contribution in [2.45, 2.75) is 51.8 Å². The van der Waals surface area contributed by atoms with Gasteiger partial charge in [-0.05, 0) is 27.2 Å². The molecule has 0 aromatic heterocycles. The molecule has 0 saturated heterocycles. The van der Waals surface area contributed by atoms with Gasteiger partial charge in [0.1, 0.15) is 5.54 Å². The van der Waals surface area contributed by atoms with Gasteiger partial charge < -0.3 is 10.5 Å². The number of hydrogen-bond acceptors (Lipinski definition) is 3. The van der Waals surface area contributed by atoms with Gasteiger partial charge in [-0.3, -0.25) is 10.1 Å². The first kappa shape index (κ1) is 13.4. The fraction of sp³-hybridized carbons (Fsp3) is 0.900. The van der Waals surface area contributed by atoms with Crippen LogP contribution in [0.3, 0.4) is 0 Å². The minimum Gasteiger partial charge on any atom is -0.379 e. The van der Waals surface area contributed by atoms with E-state index in [2.05, 4.69) is 12.2 Å². The largest absolute Gasteiger partial charge is 0.379 e. The van der Waals surface area contributed by atoms with Crippen LogP contribution in [0.1, 0.15) is 34.1 Å². The predicted molar refractivity (Wildman–Crippen MR) is 57.0 cm³/mol. The van der Waals surface area contributed by atoms with Crippen molar-refractivity contribution < 1.29 is 9.53 Å². The number of ether oxygens (including phenoxy) is 1. The first-order valence-electron chi connectivity index (χ1n) is 4.98. The van der Waals surface area contributed by atoms with Gasteiger partial charge in [0.15, 0.2) is 0 Å². The van der Waals surface area contributed by atoms with E-state index in [-0.39, 0.29) is 18.1 Å². The van der Waals surface area contributed by atoms with Crippen LogP contribution in [0.4, 0.5) is 0 Å². The molecule has 0 heterocycles. The van der Waals surface area contributed by atoms with Crippen molar-refractivity contribution in [3.05, 3.63) is 0 Å². The Hall–Kier alpha value is -0.610. The molecule has 3 N–H and O–H groups in total. The van der Waals surface area contributed by atoms with Crippen LogP contribution < -0.4 is 11.1 Å². The van der Waals surface area contributed by atoms with Crippen molar-refractivity contribution in [1.82, 2.24) is 5.32 Å². The fourth-order valence-electron chi connectivity index (χ4n) is 1.24. The third kappa shape index (κ3) is 2.96. The first-order valence-corrected chi connectivity index (χ1v) is 4.98. The smallest absolute Gasteiger partial charge is 0.240 e. The highest BCUT2D eigenvalue weighted by Crippen LogP contribution is 2.14. The second-order valence-electron chi connectivity index (χ2n) is 3.90. The zero-order valence-corrected chi connectivity index (χ0v) is 9.76. The highest BCUT2D eigenvalue weighted by atomic mass is 16.5. The summed E-state index contributed by atoms with van der Waals surface area (Å²) in [6.07, 6.45) is 0.702.